The number of nitrogens with one attached hydrogen (secondary N) is 2. The van der Waals surface area contributed by atoms with E-state index in [4.69, 9.17) is 0 Å². The van der Waals surface area contributed by atoms with Crippen molar-refractivity contribution in [2.75, 3.05) is 4.90 Å². The third kappa shape index (κ3) is 2.67. The number of aromatic amines is 1. The topological polar surface area (TPSA) is 91.2 Å². The number of H-pyrrole nitrogens is 1. The number of rotatable bonds is 3. The van der Waals surface area contributed by atoms with Gasteiger partial charge in [-0.25, -0.2) is 14.7 Å². The molecule has 0 aliphatic carbocycles. The first-order chi connectivity index (χ1) is 10.8. The van der Waals surface area contributed by atoms with E-state index in [9.17, 15) is 22.8 Å². The zero-order valence-electron chi connectivity index (χ0n) is 11.8. The molecule has 0 radical (unpaired) electrons. The normalized spacial score (nSPS) is 18.6. The molecule has 23 heavy (non-hydrogen) atoms. The number of aryl methyl sites for hydroxylation is 1. The van der Waals surface area contributed by atoms with Gasteiger partial charge in [0.1, 0.15) is 17.5 Å². The molecule has 0 bridgehead atoms. The van der Waals surface area contributed by atoms with Gasteiger partial charge in [-0.05, 0) is 6.92 Å². The number of hydrogen-bond acceptors (Lipinski definition) is 4. The minimum Gasteiger partial charge on any atom is -0.455 e. The number of aromatic nitrogens is 2. The van der Waals surface area contributed by atoms with Gasteiger partial charge in [0.25, 0.3) is 5.91 Å². The predicted octanol–water partition coefficient (Wildman–Crippen LogP) is 2.00. The van der Waals surface area contributed by atoms with Crippen molar-refractivity contribution >= 4 is 17.6 Å². The Labute approximate surface area is 127 Å². The van der Waals surface area contributed by atoms with E-state index in [0.717, 1.165) is 6.07 Å². The van der Waals surface area contributed by atoms with E-state index < -0.39 is 35.6 Å². The fourth-order valence-corrected chi connectivity index (χ4v) is 2.38. The molecule has 10 heteroatoms. The lowest BCUT2D eigenvalue weighted by atomic mass is 10.1. The van der Waals surface area contributed by atoms with Crippen LogP contribution in [-0.2, 0) is 17.4 Å². The lowest BCUT2D eigenvalue weighted by Crippen LogP contribution is -2.33. The molecule has 122 valence electrons. The molecule has 1 atom stereocenters. The summed E-state index contributed by atoms with van der Waals surface area (Å²) in [5, 5.41) is 2.36. The van der Waals surface area contributed by atoms with Gasteiger partial charge in [-0.3, -0.25) is 4.79 Å². The van der Waals surface area contributed by atoms with Crippen LogP contribution in [0.15, 0.2) is 23.0 Å². The summed E-state index contributed by atoms with van der Waals surface area (Å²) in [6, 6.07) is -0.885. The summed E-state index contributed by atoms with van der Waals surface area (Å²) in [6.07, 6.45) is -1.86. The number of furan rings is 1. The maximum absolute atomic E-state index is 13.0. The lowest BCUT2D eigenvalue weighted by molar-refractivity contribution is -0.152. The Morgan fingerprint density at radius 3 is 2.74 bits per heavy atom. The van der Waals surface area contributed by atoms with Crippen molar-refractivity contribution in [3.8, 4) is 0 Å². The Morgan fingerprint density at radius 2 is 2.13 bits per heavy atom. The highest BCUT2D eigenvalue weighted by atomic mass is 19.4. The number of urea groups is 1. The maximum atomic E-state index is 13.0. The highest BCUT2D eigenvalue weighted by Gasteiger charge is 2.46. The monoisotopic (exact) mass is 328 g/mol. The third-order valence-electron chi connectivity index (χ3n) is 3.33. The van der Waals surface area contributed by atoms with E-state index in [-0.39, 0.29) is 12.2 Å². The molecule has 0 saturated carbocycles. The molecule has 3 rings (SSSR count). The van der Waals surface area contributed by atoms with E-state index in [1.165, 1.54) is 19.4 Å². The van der Waals surface area contributed by atoms with Crippen molar-refractivity contribution < 1.29 is 27.2 Å². The summed E-state index contributed by atoms with van der Waals surface area (Å²) in [5.41, 5.74) is -0.0328. The van der Waals surface area contributed by atoms with E-state index >= 15 is 0 Å². The average Bonchev–Trinajstić information content (AvgIpc) is 3.12. The summed E-state index contributed by atoms with van der Waals surface area (Å²) in [7, 11) is 0. The van der Waals surface area contributed by atoms with Gasteiger partial charge in [0.05, 0.1) is 6.33 Å². The second-order valence-corrected chi connectivity index (χ2v) is 5.03. The van der Waals surface area contributed by atoms with Gasteiger partial charge < -0.3 is 14.7 Å². The zero-order valence-corrected chi connectivity index (χ0v) is 11.8. The number of imidazole rings is 1. The molecule has 1 fully saturated rings. The number of nitrogens with zero attached hydrogens (tertiary/aromatic N) is 2. The molecule has 0 spiro atoms. The van der Waals surface area contributed by atoms with Crippen LogP contribution >= 0.6 is 0 Å². The van der Waals surface area contributed by atoms with Crippen molar-refractivity contribution in [2.45, 2.75) is 25.6 Å². The van der Waals surface area contributed by atoms with Crippen LogP contribution in [-0.4, -0.2) is 27.9 Å². The van der Waals surface area contributed by atoms with Crippen LogP contribution in [0.3, 0.4) is 0 Å². The van der Waals surface area contributed by atoms with Gasteiger partial charge in [0, 0.05) is 24.4 Å². The second-order valence-electron chi connectivity index (χ2n) is 5.03. The van der Waals surface area contributed by atoms with Crippen molar-refractivity contribution in [1.29, 1.82) is 0 Å². The number of imide groups is 1. The van der Waals surface area contributed by atoms with E-state index in [1.54, 1.807) is 0 Å². The van der Waals surface area contributed by atoms with Gasteiger partial charge >= 0.3 is 12.2 Å². The molecule has 1 saturated heterocycles. The number of carbonyl (C=O) groups is 2. The number of hydrogen-bond donors (Lipinski definition) is 2. The molecule has 1 aliphatic rings. The van der Waals surface area contributed by atoms with Gasteiger partial charge in [-0.2, -0.15) is 13.2 Å². The minimum atomic E-state index is -4.81. The molecule has 1 unspecified atom stereocenters. The summed E-state index contributed by atoms with van der Waals surface area (Å²) in [5.74, 6) is -2.21. The molecule has 3 amide bonds. The fourth-order valence-electron chi connectivity index (χ4n) is 2.38. The highest BCUT2D eigenvalue weighted by Crippen LogP contribution is 2.39. The first-order valence-electron chi connectivity index (χ1n) is 6.56. The SMILES string of the molecule is Cc1cc(N2C(=O)NC(Cc3cnc[nH]3)C2=O)c(C(F)(F)F)o1. The van der Waals surface area contributed by atoms with E-state index in [2.05, 4.69) is 19.7 Å². The Balaban J connectivity index is 1.92. The van der Waals surface area contributed by atoms with E-state index in [0.29, 0.717) is 10.6 Å². The summed E-state index contributed by atoms with van der Waals surface area (Å²) in [4.78, 5) is 31.3. The number of carbonyl (C=O) groups excluding carboxylic acids is 2. The Hall–Kier alpha value is -2.78. The van der Waals surface area contributed by atoms with Crippen LogP contribution in [0, 0.1) is 6.92 Å². The first kappa shape index (κ1) is 15.1. The van der Waals surface area contributed by atoms with E-state index in [1.807, 2.05) is 0 Å². The summed E-state index contributed by atoms with van der Waals surface area (Å²) < 4.78 is 43.6. The van der Waals surface area contributed by atoms with Crippen molar-refractivity contribution in [3.63, 3.8) is 0 Å². The molecule has 3 heterocycles. The minimum absolute atomic E-state index is 0.0510. The lowest BCUT2D eigenvalue weighted by Gasteiger charge is -2.13. The Bertz CT molecular complexity index is 751. The number of anilines is 1. The van der Waals surface area contributed by atoms with Crippen LogP contribution in [0.25, 0.3) is 0 Å². The van der Waals surface area contributed by atoms with Gasteiger partial charge in [0.15, 0.2) is 0 Å². The molecule has 1 aliphatic heterocycles. The molecule has 2 aromatic heterocycles. The van der Waals surface area contributed by atoms with Crippen molar-refractivity contribution in [2.24, 2.45) is 0 Å². The number of amides is 3. The van der Waals surface area contributed by atoms with Gasteiger partial charge in [-0.1, -0.05) is 0 Å². The molecule has 2 N–H and O–H groups in total. The number of alkyl halides is 3. The molecular formula is C13H11F3N4O3. The highest BCUT2D eigenvalue weighted by molar-refractivity contribution is 6.21. The summed E-state index contributed by atoms with van der Waals surface area (Å²) >= 11 is 0. The maximum Gasteiger partial charge on any atom is 0.451 e. The zero-order chi connectivity index (χ0) is 16.8. The fraction of sp³-hybridized carbons (Fsp3) is 0.308. The average molecular weight is 328 g/mol. The Morgan fingerprint density at radius 1 is 1.39 bits per heavy atom. The molecule has 2 aromatic rings. The first-order valence-corrected chi connectivity index (χ1v) is 6.56. The second kappa shape index (κ2) is 5.14. The molecular weight excluding hydrogens is 317 g/mol. The van der Waals surface area contributed by atoms with Crippen molar-refractivity contribution in [3.05, 3.63) is 35.8 Å². The van der Waals surface area contributed by atoms with Gasteiger partial charge in [-0.15, -0.1) is 0 Å². The van der Waals surface area contributed by atoms with Crippen molar-refractivity contribution in [1.82, 2.24) is 15.3 Å². The quantitative estimate of drug-likeness (QED) is 0.843. The molecule has 0 aromatic carbocycles. The largest absolute Gasteiger partial charge is 0.455 e. The van der Waals surface area contributed by atoms with Crippen LogP contribution in [0.2, 0.25) is 0 Å². The molecule has 7 nitrogen and oxygen atoms in total. The van der Waals surface area contributed by atoms with Crippen LogP contribution in [0.1, 0.15) is 17.2 Å². The standard InChI is InChI=1S/C13H11F3N4O3/c1-6-2-9(10(23-6)13(14,15)16)20-11(21)8(19-12(20)22)3-7-4-17-5-18-7/h2,4-5,8H,3H2,1H3,(H,17,18)(H,19,22). The predicted molar refractivity (Wildman–Crippen MR) is 70.5 cm³/mol. The van der Waals surface area contributed by atoms with Crippen LogP contribution in [0.5, 0.6) is 0 Å². The smallest absolute Gasteiger partial charge is 0.451 e. The summed E-state index contributed by atoms with van der Waals surface area (Å²) in [6.45, 7) is 1.30. The van der Waals surface area contributed by atoms with Gasteiger partial charge in [0.2, 0.25) is 5.76 Å². The van der Waals surface area contributed by atoms with Crippen LogP contribution in [0.4, 0.5) is 23.7 Å². The number of halogens is 3. The third-order valence-corrected chi connectivity index (χ3v) is 3.33. The van der Waals surface area contributed by atoms with Crippen LogP contribution < -0.4 is 10.2 Å². The Kier molecular flexibility index (Phi) is 3.38.